The van der Waals surface area contributed by atoms with Gasteiger partial charge in [0, 0.05) is 19.4 Å². The number of hydrogen-bond acceptors (Lipinski definition) is 5. The monoisotopic (exact) mass is 368 g/mol. The number of carbonyl (C=O) groups is 3. The van der Waals surface area contributed by atoms with Crippen molar-refractivity contribution in [1.82, 2.24) is 10.2 Å². The normalized spacial score (nSPS) is 17.0. The van der Waals surface area contributed by atoms with Crippen molar-refractivity contribution in [3.8, 4) is 0 Å². The maximum atomic E-state index is 11.7. The van der Waals surface area contributed by atoms with Crippen LogP contribution in [0.4, 0.5) is 4.79 Å². The molecule has 0 aliphatic carbocycles. The van der Waals surface area contributed by atoms with Crippen molar-refractivity contribution in [1.29, 1.82) is 0 Å². The number of nitrogens with zero attached hydrogens (tertiary/aromatic N) is 1. The van der Waals surface area contributed by atoms with Gasteiger partial charge in [-0.15, -0.1) is 12.4 Å². The van der Waals surface area contributed by atoms with Crippen LogP contribution in [-0.4, -0.2) is 48.7 Å². The van der Waals surface area contributed by atoms with Crippen LogP contribution in [0, 0.1) is 0 Å². The Balaban J connectivity index is 0.000000330. The summed E-state index contributed by atoms with van der Waals surface area (Å²) in [6.45, 7) is 2.67. The number of carbonyl (C=O) groups excluding carboxylic acids is 3. The van der Waals surface area contributed by atoms with Gasteiger partial charge in [-0.3, -0.25) is 9.59 Å². The largest absolute Gasteiger partial charge is 0.445 e. The highest BCUT2D eigenvalue weighted by Crippen LogP contribution is 2.09. The molecule has 1 N–H and O–H groups in total. The number of hydrogen-bond donors (Lipinski definition) is 1. The number of benzene rings is 1. The maximum Gasteiger partial charge on any atom is 0.410 e. The lowest BCUT2D eigenvalue weighted by molar-refractivity contribution is -0.121. The van der Waals surface area contributed by atoms with Gasteiger partial charge in [-0.2, -0.15) is 0 Å². The summed E-state index contributed by atoms with van der Waals surface area (Å²) in [5, 5.41) is 2.98. The zero-order valence-electron chi connectivity index (χ0n) is 14.2. The van der Waals surface area contributed by atoms with Crippen molar-refractivity contribution in [3.63, 3.8) is 0 Å². The molecule has 138 valence electrons. The van der Waals surface area contributed by atoms with E-state index in [4.69, 9.17) is 4.74 Å². The van der Waals surface area contributed by atoms with Gasteiger partial charge in [-0.05, 0) is 24.9 Å². The number of halogens is 1. The standard InChI is InChI=1S/C13H15NO3.C5H9NO.ClH/c15-12-7-4-8-14(9-12)13(16)17-10-11-5-2-1-3-6-11;7-5-2-1-3-6-4-5;/h1-3,5-6H,4,7-10H2;6H,1-4H2;1H. The van der Waals surface area contributed by atoms with E-state index >= 15 is 0 Å². The number of ketones is 2. The smallest absolute Gasteiger partial charge is 0.410 e. The fraction of sp³-hybridized carbons (Fsp3) is 0.500. The molecule has 2 heterocycles. The fourth-order valence-electron chi connectivity index (χ4n) is 2.53. The Bertz CT molecular complexity index is 557. The van der Waals surface area contributed by atoms with Gasteiger partial charge in [-0.25, -0.2) is 4.79 Å². The number of piperidine rings is 2. The minimum Gasteiger partial charge on any atom is -0.445 e. The average molecular weight is 369 g/mol. The summed E-state index contributed by atoms with van der Waals surface area (Å²) in [6, 6.07) is 9.50. The summed E-state index contributed by atoms with van der Waals surface area (Å²) in [4.78, 5) is 34.7. The Morgan fingerprint density at radius 1 is 1.08 bits per heavy atom. The Morgan fingerprint density at radius 3 is 2.36 bits per heavy atom. The minimum absolute atomic E-state index is 0. The molecular weight excluding hydrogens is 344 g/mol. The Morgan fingerprint density at radius 2 is 1.80 bits per heavy atom. The van der Waals surface area contributed by atoms with Crippen LogP contribution >= 0.6 is 12.4 Å². The number of likely N-dealkylation sites (tertiary alicyclic amines) is 1. The number of nitrogens with one attached hydrogen (secondary N) is 1. The molecule has 2 fully saturated rings. The number of rotatable bonds is 2. The third kappa shape index (κ3) is 8.14. The highest BCUT2D eigenvalue weighted by Gasteiger charge is 2.22. The number of ether oxygens (including phenoxy) is 1. The molecule has 6 nitrogen and oxygen atoms in total. The van der Waals surface area contributed by atoms with Crippen molar-refractivity contribution < 1.29 is 19.1 Å². The van der Waals surface area contributed by atoms with Crippen molar-refractivity contribution in [2.75, 3.05) is 26.2 Å². The SMILES string of the molecule is Cl.O=C1CCCN(C(=O)OCc2ccccc2)C1.O=C1CCCNC1. The molecule has 2 aliphatic rings. The van der Waals surface area contributed by atoms with E-state index in [0.29, 0.717) is 25.3 Å². The first-order valence-electron chi connectivity index (χ1n) is 8.35. The first-order chi connectivity index (χ1) is 11.6. The van der Waals surface area contributed by atoms with Crippen LogP contribution in [0.5, 0.6) is 0 Å². The second-order valence-corrected chi connectivity index (χ2v) is 5.92. The molecule has 1 aromatic rings. The van der Waals surface area contributed by atoms with E-state index in [0.717, 1.165) is 31.4 Å². The second-order valence-electron chi connectivity index (χ2n) is 5.92. The van der Waals surface area contributed by atoms with E-state index in [1.54, 1.807) is 0 Å². The lowest BCUT2D eigenvalue weighted by atomic mass is 10.1. The van der Waals surface area contributed by atoms with E-state index < -0.39 is 6.09 Å². The van der Waals surface area contributed by atoms with Gasteiger partial charge in [0.05, 0.1) is 13.1 Å². The number of amides is 1. The van der Waals surface area contributed by atoms with Gasteiger partial charge in [0.2, 0.25) is 0 Å². The van der Waals surface area contributed by atoms with Crippen LogP contribution in [0.15, 0.2) is 30.3 Å². The molecule has 0 aromatic heterocycles. The van der Waals surface area contributed by atoms with Crippen LogP contribution in [-0.2, 0) is 20.9 Å². The molecule has 1 aromatic carbocycles. The fourth-order valence-corrected chi connectivity index (χ4v) is 2.53. The molecule has 25 heavy (non-hydrogen) atoms. The third-order valence-electron chi connectivity index (χ3n) is 3.85. The highest BCUT2D eigenvalue weighted by molar-refractivity contribution is 5.85. The van der Waals surface area contributed by atoms with Crippen molar-refractivity contribution in [2.45, 2.75) is 32.3 Å². The highest BCUT2D eigenvalue weighted by atomic mass is 35.5. The Kier molecular flexibility index (Phi) is 9.80. The molecule has 0 saturated carbocycles. The van der Waals surface area contributed by atoms with Crippen LogP contribution in [0.2, 0.25) is 0 Å². The topological polar surface area (TPSA) is 75.7 Å². The van der Waals surface area contributed by atoms with Gasteiger partial charge < -0.3 is 15.0 Å². The van der Waals surface area contributed by atoms with Crippen LogP contribution in [0.25, 0.3) is 0 Å². The van der Waals surface area contributed by atoms with Gasteiger partial charge in [0.25, 0.3) is 0 Å². The summed E-state index contributed by atoms with van der Waals surface area (Å²) in [7, 11) is 0. The van der Waals surface area contributed by atoms with Gasteiger partial charge in [0.1, 0.15) is 12.4 Å². The quantitative estimate of drug-likeness (QED) is 0.867. The minimum atomic E-state index is -0.401. The van der Waals surface area contributed by atoms with Gasteiger partial charge in [0.15, 0.2) is 5.78 Å². The third-order valence-corrected chi connectivity index (χ3v) is 3.85. The van der Waals surface area contributed by atoms with E-state index in [1.165, 1.54) is 4.90 Å². The molecule has 3 rings (SSSR count). The number of Topliss-reactive ketones (excluding diaryl/α,β-unsaturated/α-hetero) is 2. The van der Waals surface area contributed by atoms with Crippen molar-refractivity contribution in [2.24, 2.45) is 0 Å². The van der Waals surface area contributed by atoms with E-state index in [9.17, 15) is 14.4 Å². The predicted octanol–water partition coefficient (Wildman–Crippen LogP) is 2.35. The molecule has 0 spiro atoms. The zero-order valence-corrected chi connectivity index (χ0v) is 15.1. The van der Waals surface area contributed by atoms with E-state index in [2.05, 4.69) is 5.32 Å². The lowest BCUT2D eigenvalue weighted by Gasteiger charge is -2.24. The summed E-state index contributed by atoms with van der Waals surface area (Å²) in [5.41, 5.74) is 0.948. The van der Waals surface area contributed by atoms with E-state index in [1.807, 2.05) is 30.3 Å². The van der Waals surface area contributed by atoms with Crippen molar-refractivity contribution >= 4 is 30.1 Å². The first kappa shape index (κ1) is 21.1. The summed E-state index contributed by atoms with van der Waals surface area (Å²) in [5.74, 6) is 0.458. The Hall–Kier alpha value is -1.92. The molecular formula is C18H25ClN2O4. The van der Waals surface area contributed by atoms with Gasteiger partial charge >= 0.3 is 6.09 Å². The molecule has 0 bridgehead atoms. The molecule has 1 amide bonds. The van der Waals surface area contributed by atoms with E-state index in [-0.39, 0.29) is 31.3 Å². The molecule has 2 saturated heterocycles. The zero-order chi connectivity index (χ0) is 17.2. The maximum absolute atomic E-state index is 11.7. The molecule has 0 unspecified atom stereocenters. The summed E-state index contributed by atoms with van der Waals surface area (Å²) < 4.78 is 5.15. The average Bonchev–Trinajstić information content (AvgIpc) is 2.62. The summed E-state index contributed by atoms with van der Waals surface area (Å²) in [6.07, 6.45) is 2.72. The van der Waals surface area contributed by atoms with Crippen molar-refractivity contribution in [3.05, 3.63) is 35.9 Å². The van der Waals surface area contributed by atoms with Gasteiger partial charge in [-0.1, -0.05) is 30.3 Å². The van der Waals surface area contributed by atoms with Crippen LogP contribution in [0.1, 0.15) is 31.2 Å². The first-order valence-corrected chi connectivity index (χ1v) is 8.35. The van der Waals surface area contributed by atoms with Crippen LogP contribution < -0.4 is 5.32 Å². The van der Waals surface area contributed by atoms with Crippen LogP contribution in [0.3, 0.4) is 0 Å². The second kappa shape index (κ2) is 11.6. The molecule has 2 aliphatic heterocycles. The molecule has 7 heteroatoms. The Labute approximate surface area is 154 Å². The molecule has 0 radical (unpaired) electrons. The lowest BCUT2D eigenvalue weighted by Crippen LogP contribution is -2.40. The predicted molar refractivity (Wildman–Crippen MR) is 96.8 cm³/mol. The summed E-state index contributed by atoms with van der Waals surface area (Å²) >= 11 is 0. The molecule has 0 atom stereocenters.